The van der Waals surface area contributed by atoms with Gasteiger partial charge in [0.2, 0.25) is 0 Å². The number of benzene rings is 1. The third-order valence-electron chi connectivity index (χ3n) is 3.25. The topological polar surface area (TPSA) is 62.4 Å². The zero-order chi connectivity index (χ0) is 16.4. The zero-order valence-corrected chi connectivity index (χ0v) is 13.7. The predicted octanol–water partition coefficient (Wildman–Crippen LogP) is 3.21. The number of ether oxygens (including phenoxy) is 1. The highest BCUT2D eigenvalue weighted by Crippen LogP contribution is 2.37. The molecule has 1 N–H and O–H groups in total. The van der Waals surface area contributed by atoms with Crippen molar-refractivity contribution >= 4 is 51.9 Å². The highest BCUT2D eigenvalue weighted by molar-refractivity contribution is 8.27. The molecule has 1 fully saturated rings. The second-order valence-electron chi connectivity index (χ2n) is 4.65. The SMILES string of the molecule is COC(=O)c1ccccc1N1C(=O)/C(=C\c2ccc[nH]2)SC1=S. The molecule has 23 heavy (non-hydrogen) atoms. The van der Waals surface area contributed by atoms with Gasteiger partial charge < -0.3 is 9.72 Å². The lowest BCUT2D eigenvalue weighted by Gasteiger charge is -2.17. The second kappa shape index (κ2) is 6.39. The van der Waals surface area contributed by atoms with Crippen LogP contribution in [0.4, 0.5) is 5.69 Å². The molecule has 0 saturated carbocycles. The van der Waals surface area contributed by atoms with Crippen molar-refractivity contribution in [2.75, 3.05) is 12.0 Å². The molecule has 7 heteroatoms. The Balaban J connectivity index is 2.00. The third-order valence-corrected chi connectivity index (χ3v) is 4.55. The Bertz CT molecular complexity index is 812. The molecule has 3 rings (SSSR count). The van der Waals surface area contributed by atoms with E-state index < -0.39 is 5.97 Å². The van der Waals surface area contributed by atoms with Gasteiger partial charge in [-0.2, -0.15) is 0 Å². The summed E-state index contributed by atoms with van der Waals surface area (Å²) in [5.74, 6) is -0.769. The van der Waals surface area contributed by atoms with Crippen LogP contribution in [0.25, 0.3) is 6.08 Å². The minimum absolute atomic E-state index is 0.258. The number of para-hydroxylation sites is 1. The Labute approximate surface area is 142 Å². The molecule has 0 atom stereocenters. The molecule has 0 spiro atoms. The number of anilines is 1. The minimum atomic E-state index is -0.511. The van der Waals surface area contributed by atoms with E-state index in [0.717, 1.165) is 5.69 Å². The van der Waals surface area contributed by atoms with Gasteiger partial charge in [0.15, 0.2) is 4.32 Å². The van der Waals surface area contributed by atoms with E-state index in [1.54, 1.807) is 36.5 Å². The lowest BCUT2D eigenvalue weighted by molar-refractivity contribution is -0.113. The summed E-state index contributed by atoms with van der Waals surface area (Å²) in [5.41, 5.74) is 1.54. The van der Waals surface area contributed by atoms with Gasteiger partial charge >= 0.3 is 5.97 Å². The summed E-state index contributed by atoms with van der Waals surface area (Å²) in [6, 6.07) is 10.4. The first-order chi connectivity index (χ1) is 11.1. The summed E-state index contributed by atoms with van der Waals surface area (Å²) in [4.78, 5) is 29.5. The predicted molar refractivity (Wildman–Crippen MR) is 94.2 cm³/mol. The van der Waals surface area contributed by atoms with Crippen LogP contribution in [0.1, 0.15) is 16.1 Å². The molecule has 0 radical (unpaired) electrons. The van der Waals surface area contributed by atoms with Gasteiger partial charge in [-0.05, 0) is 30.3 Å². The van der Waals surface area contributed by atoms with Crippen LogP contribution in [0, 0.1) is 0 Å². The molecule has 1 aliphatic heterocycles. The van der Waals surface area contributed by atoms with Gasteiger partial charge in [0.05, 0.1) is 23.3 Å². The number of esters is 1. The van der Waals surface area contributed by atoms with E-state index in [4.69, 9.17) is 17.0 Å². The number of H-pyrrole nitrogens is 1. The number of carbonyl (C=O) groups is 2. The summed E-state index contributed by atoms with van der Waals surface area (Å²) in [6.07, 6.45) is 3.51. The fraction of sp³-hybridized carbons (Fsp3) is 0.0625. The van der Waals surface area contributed by atoms with Crippen LogP contribution in [0.2, 0.25) is 0 Å². The number of hydrogen-bond acceptors (Lipinski definition) is 5. The molecule has 0 bridgehead atoms. The first kappa shape index (κ1) is 15.5. The van der Waals surface area contributed by atoms with E-state index in [1.165, 1.54) is 23.8 Å². The summed E-state index contributed by atoms with van der Waals surface area (Å²) < 4.78 is 5.15. The smallest absolute Gasteiger partial charge is 0.339 e. The number of amides is 1. The van der Waals surface area contributed by atoms with Crippen molar-refractivity contribution in [3.8, 4) is 0 Å². The van der Waals surface area contributed by atoms with Crippen molar-refractivity contribution < 1.29 is 14.3 Å². The summed E-state index contributed by atoms with van der Waals surface area (Å²) in [7, 11) is 1.30. The molecular formula is C16H12N2O3S2. The number of nitrogens with zero attached hydrogens (tertiary/aromatic N) is 1. The van der Waals surface area contributed by atoms with Crippen LogP contribution in [-0.2, 0) is 9.53 Å². The second-order valence-corrected chi connectivity index (χ2v) is 6.33. The summed E-state index contributed by atoms with van der Waals surface area (Å²) >= 11 is 6.52. The number of thioether (sulfide) groups is 1. The summed E-state index contributed by atoms with van der Waals surface area (Å²) in [5, 5.41) is 0. The maximum atomic E-state index is 12.7. The van der Waals surface area contributed by atoms with Gasteiger partial charge in [0, 0.05) is 11.9 Å². The van der Waals surface area contributed by atoms with Crippen molar-refractivity contribution in [2.24, 2.45) is 0 Å². The quantitative estimate of drug-likeness (QED) is 0.526. The van der Waals surface area contributed by atoms with Crippen LogP contribution in [-0.4, -0.2) is 28.3 Å². The Hall–Kier alpha value is -2.38. The van der Waals surface area contributed by atoms with Crippen LogP contribution < -0.4 is 4.90 Å². The van der Waals surface area contributed by atoms with Crippen LogP contribution in [0.15, 0.2) is 47.5 Å². The number of methoxy groups -OCH3 is 1. The number of aromatic nitrogens is 1. The zero-order valence-electron chi connectivity index (χ0n) is 12.1. The molecule has 1 aromatic heterocycles. The Kier molecular flexibility index (Phi) is 4.31. The number of rotatable bonds is 3. The monoisotopic (exact) mass is 344 g/mol. The molecule has 0 aliphatic carbocycles. The lowest BCUT2D eigenvalue weighted by atomic mass is 10.1. The number of nitrogens with one attached hydrogen (secondary N) is 1. The molecule has 5 nitrogen and oxygen atoms in total. The minimum Gasteiger partial charge on any atom is -0.465 e. The van der Waals surface area contributed by atoms with Crippen molar-refractivity contribution in [1.82, 2.24) is 4.98 Å². The van der Waals surface area contributed by atoms with Crippen molar-refractivity contribution in [3.63, 3.8) is 0 Å². The first-order valence-corrected chi connectivity index (χ1v) is 7.93. The highest BCUT2D eigenvalue weighted by Gasteiger charge is 2.35. The molecular weight excluding hydrogens is 332 g/mol. The van der Waals surface area contributed by atoms with Crippen LogP contribution in [0.3, 0.4) is 0 Å². The molecule has 1 aromatic carbocycles. The van der Waals surface area contributed by atoms with Gasteiger partial charge in [-0.3, -0.25) is 9.69 Å². The van der Waals surface area contributed by atoms with Crippen molar-refractivity contribution in [3.05, 3.63) is 58.8 Å². The van der Waals surface area contributed by atoms with Crippen molar-refractivity contribution in [1.29, 1.82) is 0 Å². The van der Waals surface area contributed by atoms with Gasteiger partial charge in [-0.25, -0.2) is 4.79 Å². The van der Waals surface area contributed by atoms with Crippen molar-refractivity contribution in [2.45, 2.75) is 0 Å². The van der Waals surface area contributed by atoms with E-state index in [1.807, 2.05) is 12.1 Å². The molecule has 0 unspecified atom stereocenters. The van der Waals surface area contributed by atoms with Gasteiger partial charge in [0.25, 0.3) is 5.91 Å². The van der Waals surface area contributed by atoms with Crippen LogP contribution in [0.5, 0.6) is 0 Å². The van der Waals surface area contributed by atoms with E-state index >= 15 is 0 Å². The number of thiocarbonyl (C=S) groups is 1. The summed E-state index contributed by atoms with van der Waals surface area (Å²) in [6.45, 7) is 0. The molecule has 1 saturated heterocycles. The normalized spacial score (nSPS) is 16.2. The van der Waals surface area contributed by atoms with E-state index in [-0.39, 0.29) is 5.91 Å². The maximum absolute atomic E-state index is 12.7. The van der Waals surface area contributed by atoms with E-state index in [0.29, 0.717) is 20.5 Å². The van der Waals surface area contributed by atoms with Crippen LogP contribution >= 0.6 is 24.0 Å². The lowest BCUT2D eigenvalue weighted by Crippen LogP contribution is -2.29. The molecule has 2 heterocycles. The Morgan fingerprint density at radius 3 is 2.78 bits per heavy atom. The van der Waals surface area contributed by atoms with Gasteiger partial charge in [-0.1, -0.05) is 36.1 Å². The van der Waals surface area contributed by atoms with Gasteiger partial charge in [-0.15, -0.1) is 0 Å². The van der Waals surface area contributed by atoms with E-state index in [2.05, 4.69) is 4.98 Å². The number of carbonyl (C=O) groups excluding carboxylic acids is 2. The molecule has 116 valence electrons. The fourth-order valence-corrected chi connectivity index (χ4v) is 3.48. The Morgan fingerprint density at radius 2 is 2.09 bits per heavy atom. The average Bonchev–Trinajstić information content (AvgIpc) is 3.16. The van der Waals surface area contributed by atoms with Gasteiger partial charge in [0.1, 0.15) is 0 Å². The maximum Gasteiger partial charge on any atom is 0.339 e. The molecule has 1 amide bonds. The average molecular weight is 344 g/mol. The third kappa shape index (κ3) is 2.93. The number of aromatic amines is 1. The van der Waals surface area contributed by atoms with E-state index in [9.17, 15) is 9.59 Å². The number of hydrogen-bond donors (Lipinski definition) is 1. The largest absolute Gasteiger partial charge is 0.465 e. The standard InChI is InChI=1S/C16H12N2O3S2/c1-21-15(20)11-6-2-3-7-12(11)18-14(19)13(23-16(18)22)9-10-5-4-8-17-10/h2-9,17H,1H3/b13-9+. The Morgan fingerprint density at radius 1 is 1.30 bits per heavy atom. The highest BCUT2D eigenvalue weighted by atomic mass is 32.2. The molecule has 1 aliphatic rings. The fourth-order valence-electron chi connectivity index (χ4n) is 2.20. The molecule has 2 aromatic rings. The first-order valence-electron chi connectivity index (χ1n) is 6.70.